The Morgan fingerprint density at radius 2 is 1.68 bits per heavy atom. The summed E-state index contributed by atoms with van der Waals surface area (Å²) in [4.78, 5) is 4.72. The number of hydrogen-bond donors (Lipinski definition) is 1. The van der Waals surface area contributed by atoms with E-state index < -0.39 is 10.0 Å². The van der Waals surface area contributed by atoms with Crippen LogP contribution in [0.4, 0.5) is 0 Å². The zero-order valence-electron chi connectivity index (χ0n) is 12.2. The van der Waals surface area contributed by atoms with Gasteiger partial charge in [0, 0.05) is 5.39 Å². The Kier molecular flexibility index (Phi) is 3.92. The van der Waals surface area contributed by atoms with Gasteiger partial charge >= 0.3 is 0 Å². The minimum atomic E-state index is -3.52. The summed E-state index contributed by atoms with van der Waals surface area (Å²) in [5.74, 6) is 0. The van der Waals surface area contributed by atoms with E-state index in [1.165, 1.54) is 0 Å². The van der Waals surface area contributed by atoms with Gasteiger partial charge in [-0.1, -0.05) is 42.0 Å². The second-order valence-electron chi connectivity index (χ2n) is 5.13. The van der Waals surface area contributed by atoms with Gasteiger partial charge in [-0.15, -0.1) is 0 Å². The summed E-state index contributed by atoms with van der Waals surface area (Å²) in [6, 6.07) is 18.3. The number of benzene rings is 2. The summed E-state index contributed by atoms with van der Waals surface area (Å²) in [6.07, 6.45) is 0. The molecule has 0 aliphatic rings. The molecule has 0 spiro atoms. The van der Waals surface area contributed by atoms with E-state index in [-0.39, 0.29) is 11.4 Å². The average molecular weight is 312 g/mol. The zero-order chi connectivity index (χ0) is 15.6. The first kappa shape index (κ1) is 14.7. The number of aromatic nitrogens is 1. The largest absolute Gasteiger partial charge is 0.251 e. The van der Waals surface area contributed by atoms with E-state index in [9.17, 15) is 8.42 Å². The summed E-state index contributed by atoms with van der Waals surface area (Å²) in [5, 5.41) is 1.03. The molecule has 2 aromatic carbocycles. The lowest BCUT2D eigenvalue weighted by Crippen LogP contribution is -2.23. The molecular weight excluding hydrogens is 296 g/mol. The molecule has 112 valence electrons. The van der Waals surface area contributed by atoms with E-state index in [1.54, 1.807) is 24.3 Å². The van der Waals surface area contributed by atoms with Crippen molar-refractivity contribution in [2.75, 3.05) is 0 Å². The maximum Gasteiger partial charge on any atom is 0.240 e. The number of aryl methyl sites for hydroxylation is 1. The van der Waals surface area contributed by atoms with Gasteiger partial charge in [-0.25, -0.2) is 13.1 Å². The minimum absolute atomic E-state index is 0.168. The van der Waals surface area contributed by atoms with Crippen molar-refractivity contribution in [1.82, 2.24) is 9.71 Å². The van der Waals surface area contributed by atoms with Crippen molar-refractivity contribution in [3.63, 3.8) is 0 Å². The van der Waals surface area contributed by atoms with E-state index in [2.05, 4.69) is 9.71 Å². The molecule has 0 atom stereocenters. The molecule has 1 N–H and O–H groups in total. The Morgan fingerprint density at radius 1 is 0.955 bits per heavy atom. The highest BCUT2D eigenvalue weighted by Gasteiger charge is 2.13. The summed E-state index contributed by atoms with van der Waals surface area (Å²) in [6.45, 7) is 2.09. The molecule has 5 heteroatoms. The van der Waals surface area contributed by atoms with Crippen LogP contribution in [0, 0.1) is 6.92 Å². The van der Waals surface area contributed by atoms with Crippen molar-refractivity contribution in [2.24, 2.45) is 0 Å². The number of rotatable bonds is 4. The summed E-state index contributed by atoms with van der Waals surface area (Å²) < 4.78 is 27.1. The smallest absolute Gasteiger partial charge is 0.240 e. The van der Waals surface area contributed by atoms with Crippen LogP contribution in [-0.4, -0.2) is 13.4 Å². The Bertz CT molecular complexity index is 903. The van der Waals surface area contributed by atoms with Crippen molar-refractivity contribution in [3.05, 3.63) is 71.9 Å². The van der Waals surface area contributed by atoms with Crippen LogP contribution < -0.4 is 4.72 Å². The van der Waals surface area contributed by atoms with Crippen LogP contribution in [0.1, 0.15) is 11.3 Å². The van der Waals surface area contributed by atoms with E-state index >= 15 is 0 Å². The van der Waals surface area contributed by atoms with Crippen LogP contribution in [-0.2, 0) is 16.6 Å². The third-order valence-electron chi connectivity index (χ3n) is 3.43. The number of para-hydroxylation sites is 1. The fourth-order valence-corrected chi connectivity index (χ4v) is 3.18. The van der Waals surface area contributed by atoms with Gasteiger partial charge in [0.25, 0.3) is 0 Å². The summed E-state index contributed by atoms with van der Waals surface area (Å²) >= 11 is 0. The van der Waals surface area contributed by atoms with Gasteiger partial charge in [-0.3, -0.25) is 4.98 Å². The van der Waals surface area contributed by atoms with Gasteiger partial charge < -0.3 is 0 Å². The number of fused-ring (bicyclic) bond motifs is 1. The van der Waals surface area contributed by atoms with Crippen LogP contribution in [0.15, 0.2) is 65.6 Å². The van der Waals surface area contributed by atoms with Gasteiger partial charge in [0.2, 0.25) is 10.0 Å². The van der Waals surface area contributed by atoms with Crippen molar-refractivity contribution in [3.8, 4) is 0 Å². The van der Waals surface area contributed by atoms with E-state index in [4.69, 9.17) is 0 Å². The monoisotopic (exact) mass is 312 g/mol. The maximum atomic E-state index is 12.2. The predicted molar refractivity (Wildman–Crippen MR) is 86.9 cm³/mol. The van der Waals surface area contributed by atoms with E-state index in [0.717, 1.165) is 16.5 Å². The molecule has 0 amide bonds. The minimum Gasteiger partial charge on any atom is -0.251 e. The van der Waals surface area contributed by atoms with E-state index in [1.807, 2.05) is 43.3 Å². The van der Waals surface area contributed by atoms with Crippen molar-refractivity contribution in [1.29, 1.82) is 0 Å². The van der Waals surface area contributed by atoms with Crippen LogP contribution in [0.2, 0.25) is 0 Å². The molecule has 3 aromatic rings. The lowest BCUT2D eigenvalue weighted by Gasteiger charge is -2.07. The lowest BCUT2D eigenvalue weighted by molar-refractivity contribution is 0.580. The van der Waals surface area contributed by atoms with E-state index in [0.29, 0.717) is 5.69 Å². The average Bonchev–Trinajstić information content (AvgIpc) is 2.53. The van der Waals surface area contributed by atoms with Gasteiger partial charge in [0.05, 0.1) is 22.7 Å². The quantitative estimate of drug-likeness (QED) is 0.805. The van der Waals surface area contributed by atoms with Crippen LogP contribution in [0.25, 0.3) is 10.9 Å². The number of pyridine rings is 1. The molecule has 4 nitrogen and oxygen atoms in total. The number of sulfonamides is 1. The summed E-state index contributed by atoms with van der Waals surface area (Å²) in [5.41, 5.74) is 2.57. The van der Waals surface area contributed by atoms with Crippen molar-refractivity contribution < 1.29 is 8.42 Å². The Hall–Kier alpha value is -2.24. The molecule has 0 radical (unpaired) electrons. The van der Waals surface area contributed by atoms with Gasteiger partial charge in [-0.05, 0) is 31.2 Å². The molecule has 1 heterocycles. The topological polar surface area (TPSA) is 59.1 Å². The molecule has 1 aromatic heterocycles. The van der Waals surface area contributed by atoms with Crippen molar-refractivity contribution in [2.45, 2.75) is 18.4 Å². The lowest BCUT2D eigenvalue weighted by atomic mass is 10.2. The molecule has 22 heavy (non-hydrogen) atoms. The van der Waals surface area contributed by atoms with Gasteiger partial charge in [-0.2, -0.15) is 0 Å². The molecule has 0 bridgehead atoms. The molecular formula is C17H16N2O2S. The third-order valence-corrected chi connectivity index (χ3v) is 4.85. The molecule has 0 unspecified atom stereocenters. The number of nitrogens with one attached hydrogen (secondary N) is 1. The normalized spacial score (nSPS) is 11.7. The highest BCUT2D eigenvalue weighted by molar-refractivity contribution is 7.89. The second-order valence-corrected chi connectivity index (χ2v) is 6.90. The second kappa shape index (κ2) is 5.87. The van der Waals surface area contributed by atoms with Gasteiger partial charge in [0.1, 0.15) is 0 Å². The fourth-order valence-electron chi connectivity index (χ4n) is 2.18. The van der Waals surface area contributed by atoms with Gasteiger partial charge in [0.15, 0.2) is 0 Å². The van der Waals surface area contributed by atoms with Crippen LogP contribution >= 0.6 is 0 Å². The standard InChI is InChI=1S/C17H16N2O2S/c1-13-6-10-16(11-7-13)22(20,21)18-12-15-9-8-14-4-2-3-5-17(14)19-15/h2-11,18H,12H2,1H3. The molecule has 0 aliphatic carbocycles. The molecule has 0 saturated heterocycles. The highest BCUT2D eigenvalue weighted by atomic mass is 32.2. The highest BCUT2D eigenvalue weighted by Crippen LogP contribution is 2.13. The zero-order valence-corrected chi connectivity index (χ0v) is 13.0. The first-order valence-electron chi connectivity index (χ1n) is 6.96. The van der Waals surface area contributed by atoms with Crippen LogP contribution in [0.5, 0.6) is 0 Å². The van der Waals surface area contributed by atoms with Crippen LogP contribution in [0.3, 0.4) is 0 Å². The first-order chi connectivity index (χ1) is 10.5. The van der Waals surface area contributed by atoms with Crippen molar-refractivity contribution >= 4 is 20.9 Å². The number of hydrogen-bond acceptors (Lipinski definition) is 3. The molecule has 0 fully saturated rings. The molecule has 0 saturated carbocycles. The maximum absolute atomic E-state index is 12.2. The Labute approximate surface area is 129 Å². The summed E-state index contributed by atoms with van der Waals surface area (Å²) in [7, 11) is -3.52. The predicted octanol–water partition coefficient (Wildman–Crippen LogP) is 3.02. The Balaban J connectivity index is 1.79. The third kappa shape index (κ3) is 3.16. The molecule has 0 aliphatic heterocycles. The first-order valence-corrected chi connectivity index (χ1v) is 8.44. The fraction of sp³-hybridized carbons (Fsp3) is 0.118. The Morgan fingerprint density at radius 3 is 2.45 bits per heavy atom. The number of nitrogens with zero attached hydrogens (tertiary/aromatic N) is 1. The molecule has 3 rings (SSSR count). The SMILES string of the molecule is Cc1ccc(S(=O)(=O)NCc2ccc3ccccc3n2)cc1.